The lowest BCUT2D eigenvalue weighted by molar-refractivity contribution is -0.149. The number of hydrogen-bond donors (Lipinski definition) is 1. The number of carbonyl (C=O) groups is 1. The van der Waals surface area contributed by atoms with Gasteiger partial charge in [0.1, 0.15) is 17.6 Å². The number of aryl methyl sites for hydroxylation is 1. The first-order valence-corrected chi connectivity index (χ1v) is 7.05. The molecule has 0 saturated carbocycles. The predicted octanol–water partition coefficient (Wildman–Crippen LogP) is -0.945. The van der Waals surface area contributed by atoms with Crippen molar-refractivity contribution in [3.63, 3.8) is 0 Å². The Morgan fingerprint density at radius 1 is 1.45 bits per heavy atom. The van der Waals surface area contributed by atoms with Crippen molar-refractivity contribution in [3.05, 3.63) is 32.6 Å². The van der Waals surface area contributed by atoms with Crippen molar-refractivity contribution in [1.29, 1.82) is 0 Å². The van der Waals surface area contributed by atoms with Crippen LogP contribution in [0.2, 0.25) is 0 Å². The van der Waals surface area contributed by atoms with Crippen LogP contribution in [0.1, 0.15) is 18.6 Å². The van der Waals surface area contributed by atoms with E-state index in [9.17, 15) is 19.5 Å². The Kier molecular flexibility index (Phi) is 4.74. The molecular formula is C13H17ClN2O6. The van der Waals surface area contributed by atoms with Gasteiger partial charge in [-0.1, -0.05) is 0 Å². The average Bonchev–Trinajstić information content (AvgIpc) is 2.77. The Hall–Kier alpha value is -1.64. The Labute approximate surface area is 130 Å². The largest absolute Gasteiger partial charge is 0.458 e. The van der Waals surface area contributed by atoms with Gasteiger partial charge in [-0.25, -0.2) is 4.79 Å². The molecule has 0 amide bonds. The number of rotatable bonds is 3. The molecule has 1 aliphatic rings. The van der Waals surface area contributed by atoms with Crippen LogP contribution in [0.3, 0.4) is 0 Å². The smallest absolute Gasteiger partial charge is 0.330 e. The molecule has 1 N–H and O–H groups in total. The average molecular weight is 333 g/mol. The summed E-state index contributed by atoms with van der Waals surface area (Å²) in [5.74, 6) is -0.579. The fourth-order valence-corrected chi connectivity index (χ4v) is 2.79. The van der Waals surface area contributed by atoms with Crippen molar-refractivity contribution in [2.24, 2.45) is 14.1 Å². The minimum atomic E-state index is -0.950. The molecule has 122 valence electrons. The molecule has 9 heteroatoms. The molecule has 0 aromatic carbocycles. The van der Waals surface area contributed by atoms with Crippen LogP contribution in [0.15, 0.2) is 15.8 Å². The minimum absolute atomic E-state index is 0.137. The summed E-state index contributed by atoms with van der Waals surface area (Å²) < 4.78 is 12.9. The van der Waals surface area contributed by atoms with Crippen LogP contribution in [0.25, 0.3) is 0 Å². The van der Waals surface area contributed by atoms with Crippen LogP contribution in [0.4, 0.5) is 0 Å². The van der Waals surface area contributed by atoms with Gasteiger partial charge in [0.2, 0.25) is 0 Å². The Balaban J connectivity index is 2.52. The van der Waals surface area contributed by atoms with Gasteiger partial charge in [-0.15, -0.1) is 11.6 Å². The molecule has 2 rings (SSSR count). The maximum Gasteiger partial charge on any atom is 0.330 e. The fourth-order valence-electron chi connectivity index (χ4n) is 2.46. The first kappa shape index (κ1) is 16.7. The number of alkyl halides is 1. The molecule has 0 aliphatic carbocycles. The number of hydrogen-bond acceptors (Lipinski definition) is 6. The molecule has 1 aliphatic heterocycles. The van der Waals surface area contributed by atoms with E-state index in [4.69, 9.17) is 21.1 Å². The Morgan fingerprint density at radius 3 is 2.64 bits per heavy atom. The number of esters is 1. The highest BCUT2D eigenvalue weighted by Gasteiger charge is 2.47. The lowest BCUT2D eigenvalue weighted by atomic mass is 10.1. The first-order chi connectivity index (χ1) is 10.3. The number of aliphatic hydroxyl groups is 1. The number of aromatic nitrogens is 2. The topological polar surface area (TPSA) is 99.8 Å². The number of halogens is 1. The fraction of sp³-hybridized carbons (Fsp3) is 0.615. The molecule has 0 bridgehead atoms. The van der Waals surface area contributed by atoms with Crippen LogP contribution in [-0.2, 0) is 28.4 Å². The summed E-state index contributed by atoms with van der Waals surface area (Å²) in [6, 6.07) is 0. The summed E-state index contributed by atoms with van der Waals surface area (Å²) in [5.41, 5.74) is -0.915. The lowest BCUT2D eigenvalue weighted by Gasteiger charge is -2.20. The normalized spacial score (nSPS) is 27.9. The van der Waals surface area contributed by atoms with E-state index in [0.29, 0.717) is 0 Å². The molecule has 0 unspecified atom stereocenters. The molecule has 2 heterocycles. The molecule has 4 atom stereocenters. The monoisotopic (exact) mass is 332 g/mol. The van der Waals surface area contributed by atoms with E-state index >= 15 is 0 Å². The number of ether oxygens (including phenoxy) is 2. The van der Waals surface area contributed by atoms with Crippen molar-refractivity contribution in [3.8, 4) is 0 Å². The van der Waals surface area contributed by atoms with Crippen molar-refractivity contribution in [2.75, 3.05) is 6.61 Å². The molecular weight excluding hydrogens is 316 g/mol. The summed E-state index contributed by atoms with van der Waals surface area (Å²) in [6.45, 7) is 0.834. The third-order valence-corrected chi connectivity index (χ3v) is 4.08. The minimum Gasteiger partial charge on any atom is -0.458 e. The van der Waals surface area contributed by atoms with E-state index in [0.717, 1.165) is 4.57 Å². The van der Waals surface area contributed by atoms with Crippen LogP contribution >= 0.6 is 11.6 Å². The summed E-state index contributed by atoms with van der Waals surface area (Å²) in [5, 5.41) is 8.48. The summed E-state index contributed by atoms with van der Waals surface area (Å²) >= 11 is 6.16. The first-order valence-electron chi connectivity index (χ1n) is 6.62. The molecule has 1 saturated heterocycles. The van der Waals surface area contributed by atoms with Gasteiger partial charge in [-0.2, -0.15) is 0 Å². The molecule has 8 nitrogen and oxygen atoms in total. The second kappa shape index (κ2) is 6.23. The van der Waals surface area contributed by atoms with E-state index in [1.807, 2.05) is 0 Å². The summed E-state index contributed by atoms with van der Waals surface area (Å²) in [6.07, 6.45) is -1.33. The quantitative estimate of drug-likeness (QED) is 0.566. The van der Waals surface area contributed by atoms with Gasteiger partial charge >= 0.3 is 11.7 Å². The second-order valence-corrected chi connectivity index (χ2v) is 5.64. The van der Waals surface area contributed by atoms with Crippen molar-refractivity contribution in [2.45, 2.75) is 30.6 Å². The molecule has 22 heavy (non-hydrogen) atoms. The highest BCUT2D eigenvalue weighted by molar-refractivity contribution is 6.21. The van der Waals surface area contributed by atoms with Crippen LogP contribution in [0.5, 0.6) is 0 Å². The van der Waals surface area contributed by atoms with Gasteiger partial charge in [0.15, 0.2) is 6.10 Å². The number of nitrogens with zero attached hydrogens (tertiary/aromatic N) is 2. The zero-order valence-electron chi connectivity index (χ0n) is 12.4. The third kappa shape index (κ3) is 2.81. The number of carbonyl (C=O) groups excluding carboxylic acids is 1. The van der Waals surface area contributed by atoms with E-state index in [-0.39, 0.29) is 12.2 Å². The highest BCUT2D eigenvalue weighted by atomic mass is 35.5. The highest BCUT2D eigenvalue weighted by Crippen LogP contribution is 2.37. The number of aliphatic hydroxyl groups excluding tert-OH is 1. The van der Waals surface area contributed by atoms with Crippen molar-refractivity contribution < 1.29 is 19.4 Å². The molecule has 0 spiro atoms. The lowest BCUT2D eigenvalue weighted by Crippen LogP contribution is -2.41. The predicted molar refractivity (Wildman–Crippen MR) is 76.8 cm³/mol. The van der Waals surface area contributed by atoms with E-state index in [1.54, 1.807) is 0 Å². The molecule has 1 fully saturated rings. The second-order valence-electron chi connectivity index (χ2n) is 5.14. The molecule has 0 radical (unpaired) electrons. The Bertz CT molecular complexity index is 697. The van der Waals surface area contributed by atoms with Gasteiger partial charge in [0.05, 0.1) is 12.2 Å². The summed E-state index contributed by atoms with van der Waals surface area (Å²) in [7, 11) is 2.83. The SMILES string of the molecule is CC(=O)O[C@@H]1[C@@H](Cl)[C@@H](CO)O[C@H]1c1cn(C)c(=O)n(C)c1=O. The van der Waals surface area contributed by atoms with Crippen LogP contribution in [0, 0.1) is 0 Å². The van der Waals surface area contributed by atoms with Gasteiger partial charge in [-0.3, -0.25) is 14.2 Å². The van der Waals surface area contributed by atoms with Crippen LogP contribution in [-0.4, -0.2) is 44.4 Å². The van der Waals surface area contributed by atoms with Gasteiger partial charge in [0, 0.05) is 27.2 Å². The third-order valence-electron chi connectivity index (χ3n) is 3.55. The maximum atomic E-state index is 12.3. The zero-order valence-corrected chi connectivity index (χ0v) is 13.1. The summed E-state index contributed by atoms with van der Waals surface area (Å²) in [4.78, 5) is 35.3. The van der Waals surface area contributed by atoms with Crippen molar-refractivity contribution >= 4 is 17.6 Å². The van der Waals surface area contributed by atoms with E-state index in [1.165, 1.54) is 31.8 Å². The van der Waals surface area contributed by atoms with E-state index < -0.39 is 40.9 Å². The zero-order chi connectivity index (χ0) is 16.6. The van der Waals surface area contributed by atoms with E-state index in [2.05, 4.69) is 0 Å². The molecule has 1 aromatic heterocycles. The van der Waals surface area contributed by atoms with Crippen LogP contribution < -0.4 is 11.2 Å². The van der Waals surface area contributed by atoms with Gasteiger partial charge < -0.3 is 19.1 Å². The maximum absolute atomic E-state index is 12.3. The van der Waals surface area contributed by atoms with Gasteiger partial charge in [0.25, 0.3) is 5.56 Å². The standard InChI is InChI=1S/C13H17ClN2O6/c1-6(18)21-11-9(14)8(5-17)22-10(11)7-4-15(2)13(20)16(3)12(7)19/h4,8-11,17H,5H2,1-3H3/t8-,9+,10+,11-/m1/s1. The molecule has 1 aromatic rings. The Morgan fingerprint density at radius 2 is 2.09 bits per heavy atom. The van der Waals surface area contributed by atoms with Gasteiger partial charge in [-0.05, 0) is 0 Å². The van der Waals surface area contributed by atoms with Crippen molar-refractivity contribution in [1.82, 2.24) is 9.13 Å².